The lowest BCUT2D eigenvalue weighted by Gasteiger charge is -2.36. The maximum Gasteiger partial charge on any atom is 0.449 e. The average molecular weight is 572 g/mol. The molecule has 214 valence electrons. The lowest BCUT2D eigenvalue weighted by Crippen LogP contribution is -2.47. The minimum Gasteiger partial charge on any atom is -0.490 e. The Labute approximate surface area is 239 Å². The highest BCUT2D eigenvalue weighted by atomic mass is 19.4. The van der Waals surface area contributed by atoms with E-state index in [4.69, 9.17) is 9.72 Å². The minimum atomic E-state index is -4.54. The fraction of sp³-hybridized carbons (Fsp3) is 0.226. The zero-order valence-electron chi connectivity index (χ0n) is 22.6. The van der Waals surface area contributed by atoms with Crippen LogP contribution in [-0.4, -0.2) is 68.7 Å². The summed E-state index contributed by atoms with van der Waals surface area (Å²) in [4.78, 5) is 19.1. The lowest BCUT2D eigenvalue weighted by molar-refractivity contribution is -0.144. The van der Waals surface area contributed by atoms with Crippen LogP contribution in [0.2, 0.25) is 0 Å². The van der Waals surface area contributed by atoms with E-state index in [1.165, 1.54) is 0 Å². The number of nitrogens with zero attached hydrogens (tertiary/aromatic N) is 5. The van der Waals surface area contributed by atoms with Crippen LogP contribution in [0.1, 0.15) is 5.82 Å². The second kappa shape index (κ2) is 10.6. The van der Waals surface area contributed by atoms with Crippen molar-refractivity contribution in [3.63, 3.8) is 0 Å². The van der Waals surface area contributed by atoms with Gasteiger partial charge in [0.15, 0.2) is 0 Å². The molecule has 7 rings (SSSR count). The van der Waals surface area contributed by atoms with Gasteiger partial charge in [0.1, 0.15) is 29.2 Å². The third-order valence-electron chi connectivity index (χ3n) is 7.66. The van der Waals surface area contributed by atoms with Gasteiger partial charge in [0.2, 0.25) is 5.82 Å². The summed E-state index contributed by atoms with van der Waals surface area (Å²) in [7, 11) is 0. The molecule has 0 spiro atoms. The predicted octanol–water partition coefficient (Wildman–Crippen LogP) is 6.12. The molecule has 1 fully saturated rings. The molecular formula is C31H28F3N7O. The Bertz CT molecular complexity index is 1820. The summed E-state index contributed by atoms with van der Waals surface area (Å²) in [5.41, 5.74) is 5.66. The molecule has 2 N–H and O–H groups in total. The first kappa shape index (κ1) is 26.1. The summed E-state index contributed by atoms with van der Waals surface area (Å²) in [6.45, 7) is 4.35. The largest absolute Gasteiger partial charge is 0.490 e. The molecule has 11 heteroatoms. The molecule has 0 saturated carbocycles. The van der Waals surface area contributed by atoms with Crippen LogP contribution in [0, 0.1) is 0 Å². The number of para-hydroxylation sites is 2. The number of rotatable bonds is 7. The van der Waals surface area contributed by atoms with Crippen molar-refractivity contribution in [1.82, 2.24) is 29.4 Å². The van der Waals surface area contributed by atoms with Gasteiger partial charge in [-0.25, -0.2) is 9.97 Å². The smallest absolute Gasteiger partial charge is 0.449 e. The molecular weight excluding hydrogens is 543 g/mol. The summed E-state index contributed by atoms with van der Waals surface area (Å²) in [6.07, 6.45) is -0.494. The fourth-order valence-electron chi connectivity index (χ4n) is 5.46. The van der Waals surface area contributed by atoms with Gasteiger partial charge in [0.25, 0.3) is 0 Å². The normalized spacial score (nSPS) is 14.7. The number of aromatic nitrogens is 5. The van der Waals surface area contributed by atoms with Crippen molar-refractivity contribution in [1.29, 1.82) is 0 Å². The molecule has 3 aromatic heterocycles. The van der Waals surface area contributed by atoms with E-state index in [0.717, 1.165) is 60.0 Å². The van der Waals surface area contributed by atoms with Gasteiger partial charge < -0.3 is 24.2 Å². The number of aromatic amines is 2. The molecule has 0 unspecified atom stereocenters. The van der Waals surface area contributed by atoms with Crippen LogP contribution in [-0.2, 0) is 6.18 Å². The van der Waals surface area contributed by atoms with Gasteiger partial charge >= 0.3 is 6.18 Å². The number of anilines is 1. The zero-order valence-corrected chi connectivity index (χ0v) is 22.6. The Morgan fingerprint density at radius 1 is 0.762 bits per heavy atom. The number of halogens is 3. The van der Waals surface area contributed by atoms with Gasteiger partial charge in [-0.1, -0.05) is 12.1 Å². The third-order valence-corrected chi connectivity index (χ3v) is 7.66. The number of nitrogens with one attached hydrogen (secondary N) is 2. The molecule has 0 amide bonds. The van der Waals surface area contributed by atoms with E-state index in [-0.39, 0.29) is 5.52 Å². The second-order valence-corrected chi connectivity index (χ2v) is 10.3. The maximum atomic E-state index is 13.1. The van der Waals surface area contributed by atoms with E-state index < -0.39 is 12.0 Å². The van der Waals surface area contributed by atoms with Gasteiger partial charge in [-0.15, -0.1) is 0 Å². The topological polar surface area (TPSA) is 78.0 Å². The molecule has 0 bridgehead atoms. The van der Waals surface area contributed by atoms with Crippen molar-refractivity contribution < 1.29 is 17.9 Å². The summed E-state index contributed by atoms with van der Waals surface area (Å²) in [5, 5.41) is 0. The molecule has 0 atom stereocenters. The van der Waals surface area contributed by atoms with Gasteiger partial charge in [0, 0.05) is 56.4 Å². The van der Waals surface area contributed by atoms with Crippen molar-refractivity contribution in [2.75, 3.05) is 44.2 Å². The third kappa shape index (κ3) is 5.07. The quantitative estimate of drug-likeness (QED) is 0.242. The number of imidazole rings is 2. The number of hydrogen-bond acceptors (Lipinski definition) is 5. The first-order valence-electron chi connectivity index (χ1n) is 13.8. The number of alkyl halides is 3. The van der Waals surface area contributed by atoms with Crippen LogP contribution in [0.3, 0.4) is 0 Å². The lowest BCUT2D eigenvalue weighted by atomic mass is 10.2. The minimum absolute atomic E-state index is 0.193. The van der Waals surface area contributed by atoms with Crippen molar-refractivity contribution in [3.05, 3.63) is 91.0 Å². The van der Waals surface area contributed by atoms with E-state index in [0.29, 0.717) is 24.4 Å². The predicted molar refractivity (Wildman–Crippen MR) is 156 cm³/mol. The van der Waals surface area contributed by atoms with Crippen molar-refractivity contribution >= 4 is 27.8 Å². The van der Waals surface area contributed by atoms with Crippen LogP contribution < -0.4 is 9.64 Å². The number of fused-ring (bicyclic) bond motifs is 2. The van der Waals surface area contributed by atoms with Crippen LogP contribution >= 0.6 is 0 Å². The SMILES string of the molecule is FC(F)(F)c1nc2c(OCCN3CCN(c4cccc5[nH]c(-c6ccc(-n7cccc7)cc6)nc45)CC3)cccc2[nH]1. The zero-order chi connectivity index (χ0) is 28.7. The molecule has 3 aromatic carbocycles. The van der Waals surface area contributed by atoms with E-state index in [1.54, 1.807) is 18.2 Å². The molecule has 0 aliphatic carbocycles. The average Bonchev–Trinajstić information content (AvgIpc) is 3.77. The van der Waals surface area contributed by atoms with E-state index in [1.807, 2.05) is 24.5 Å². The standard InChI is InChI=1S/C31H28F3N7O/c32-31(33,34)30-36-24-6-4-8-26(28(24)38-30)42-20-19-39-15-17-41(18-16-39)25-7-3-5-23-27(25)37-29(35-23)21-9-11-22(12-10-21)40-13-1-2-14-40/h1-14H,15-20H2,(H,35,37)(H,36,38). The van der Waals surface area contributed by atoms with Crippen molar-refractivity contribution in [2.24, 2.45) is 0 Å². The number of H-pyrrole nitrogens is 2. The van der Waals surface area contributed by atoms with Gasteiger partial charge in [-0.05, 0) is 60.7 Å². The highest BCUT2D eigenvalue weighted by Crippen LogP contribution is 2.32. The Balaban J connectivity index is 0.986. The Morgan fingerprint density at radius 2 is 1.48 bits per heavy atom. The molecule has 1 aliphatic rings. The van der Waals surface area contributed by atoms with Gasteiger partial charge in [-0.2, -0.15) is 13.2 Å². The van der Waals surface area contributed by atoms with Crippen molar-refractivity contribution in [3.8, 4) is 22.8 Å². The Morgan fingerprint density at radius 3 is 2.21 bits per heavy atom. The number of piperazine rings is 1. The molecule has 0 radical (unpaired) electrons. The first-order valence-corrected chi connectivity index (χ1v) is 13.8. The second-order valence-electron chi connectivity index (χ2n) is 10.3. The summed E-state index contributed by atoms with van der Waals surface area (Å²) >= 11 is 0. The first-order chi connectivity index (χ1) is 20.4. The van der Waals surface area contributed by atoms with Crippen LogP contribution in [0.15, 0.2) is 85.2 Å². The van der Waals surface area contributed by atoms with Crippen LogP contribution in [0.4, 0.5) is 18.9 Å². The van der Waals surface area contributed by atoms with E-state index in [2.05, 4.69) is 71.8 Å². The van der Waals surface area contributed by atoms with Gasteiger partial charge in [-0.3, -0.25) is 4.90 Å². The summed E-state index contributed by atoms with van der Waals surface area (Å²) < 4.78 is 47.2. The van der Waals surface area contributed by atoms with E-state index in [9.17, 15) is 13.2 Å². The van der Waals surface area contributed by atoms with E-state index >= 15 is 0 Å². The highest BCUT2D eigenvalue weighted by molar-refractivity contribution is 5.91. The van der Waals surface area contributed by atoms with Crippen LogP contribution in [0.25, 0.3) is 39.1 Å². The number of hydrogen-bond donors (Lipinski definition) is 2. The molecule has 6 aromatic rings. The monoisotopic (exact) mass is 571 g/mol. The molecule has 1 saturated heterocycles. The highest BCUT2D eigenvalue weighted by Gasteiger charge is 2.35. The van der Waals surface area contributed by atoms with Gasteiger partial charge in [0.05, 0.1) is 16.7 Å². The molecule has 42 heavy (non-hydrogen) atoms. The number of benzene rings is 3. The number of ether oxygens (including phenoxy) is 1. The summed E-state index contributed by atoms with van der Waals surface area (Å²) in [6, 6.07) is 23.4. The van der Waals surface area contributed by atoms with Crippen LogP contribution in [0.5, 0.6) is 5.75 Å². The maximum absolute atomic E-state index is 13.1. The molecule has 8 nitrogen and oxygen atoms in total. The summed E-state index contributed by atoms with van der Waals surface area (Å²) in [5.74, 6) is 0.161. The van der Waals surface area contributed by atoms with Crippen molar-refractivity contribution in [2.45, 2.75) is 6.18 Å². The molecule has 1 aliphatic heterocycles. The molecule has 4 heterocycles. The fourth-order valence-corrected chi connectivity index (χ4v) is 5.46. The Kier molecular flexibility index (Phi) is 6.58. The Hall–Kier alpha value is -4.77.